The molecule has 0 aromatic heterocycles. The van der Waals surface area contributed by atoms with Crippen LogP contribution in [0.2, 0.25) is 0 Å². The molecule has 1 atom stereocenters. The average molecular weight is 248 g/mol. The molecule has 0 aliphatic carbocycles. The van der Waals surface area contributed by atoms with Gasteiger partial charge in [-0.25, -0.2) is 8.42 Å². The molecule has 1 heterocycles. The minimum atomic E-state index is -3.28. The Morgan fingerprint density at radius 3 is 2.56 bits per heavy atom. The first-order chi connectivity index (χ1) is 7.38. The maximum atomic E-state index is 12.0. The van der Waals surface area contributed by atoms with Gasteiger partial charge in [-0.3, -0.25) is 4.79 Å². The van der Waals surface area contributed by atoms with Crippen LogP contribution in [0.4, 0.5) is 0 Å². The third-order valence-electron chi connectivity index (χ3n) is 3.02. The first-order valence-corrected chi connectivity index (χ1v) is 7.44. The third kappa shape index (κ3) is 2.95. The molecule has 1 amide bonds. The number of carbonyl (C=O) groups excluding carboxylic acids is 1. The highest BCUT2D eigenvalue weighted by atomic mass is 32.2. The summed E-state index contributed by atoms with van der Waals surface area (Å²) in [7, 11) is -1.57. The van der Waals surface area contributed by atoms with E-state index in [1.165, 1.54) is 10.6 Å². The van der Waals surface area contributed by atoms with Crippen molar-refractivity contribution in [1.29, 1.82) is 0 Å². The molecule has 1 fully saturated rings. The van der Waals surface area contributed by atoms with E-state index < -0.39 is 16.1 Å². The average Bonchev–Trinajstić information content (AvgIpc) is 2.26. The lowest BCUT2D eigenvalue weighted by molar-refractivity contribution is -0.134. The molecule has 0 aromatic rings. The smallest absolute Gasteiger partial charge is 0.240 e. The third-order valence-corrected chi connectivity index (χ3v) is 4.30. The Hall–Kier alpha value is -0.620. The Morgan fingerprint density at radius 1 is 1.44 bits per heavy atom. The predicted octanol–water partition coefficient (Wildman–Crippen LogP) is 0.279. The zero-order valence-electron chi connectivity index (χ0n) is 10.1. The number of rotatable bonds is 3. The van der Waals surface area contributed by atoms with E-state index in [-0.39, 0.29) is 5.91 Å². The number of amides is 1. The van der Waals surface area contributed by atoms with Crippen molar-refractivity contribution in [2.24, 2.45) is 0 Å². The Balaban J connectivity index is 2.87. The molecule has 6 heteroatoms. The number of hydrogen-bond donors (Lipinski definition) is 0. The van der Waals surface area contributed by atoms with E-state index in [4.69, 9.17) is 0 Å². The van der Waals surface area contributed by atoms with Gasteiger partial charge in [0.05, 0.1) is 6.26 Å². The summed E-state index contributed by atoms with van der Waals surface area (Å²) in [5.74, 6) is -0.0902. The number of piperidine rings is 1. The van der Waals surface area contributed by atoms with Crippen molar-refractivity contribution in [3.63, 3.8) is 0 Å². The van der Waals surface area contributed by atoms with E-state index >= 15 is 0 Å². The van der Waals surface area contributed by atoms with Gasteiger partial charge in [-0.1, -0.05) is 6.42 Å². The van der Waals surface area contributed by atoms with Gasteiger partial charge in [0.1, 0.15) is 6.04 Å². The molecule has 1 aliphatic rings. The summed E-state index contributed by atoms with van der Waals surface area (Å²) in [6, 6.07) is -0.492. The molecule has 0 N–H and O–H groups in total. The normalized spacial score (nSPS) is 23.1. The van der Waals surface area contributed by atoms with Crippen molar-refractivity contribution in [2.45, 2.75) is 32.2 Å². The molecule has 1 saturated heterocycles. The molecular formula is C10H20N2O3S. The van der Waals surface area contributed by atoms with Crippen LogP contribution in [0.5, 0.6) is 0 Å². The summed E-state index contributed by atoms with van der Waals surface area (Å²) in [6.07, 6.45) is 3.56. The lowest BCUT2D eigenvalue weighted by Gasteiger charge is -2.34. The Morgan fingerprint density at radius 2 is 2.06 bits per heavy atom. The lowest BCUT2D eigenvalue weighted by atomic mass is 10.0. The van der Waals surface area contributed by atoms with Crippen LogP contribution in [-0.2, 0) is 14.8 Å². The molecule has 0 radical (unpaired) electrons. The fourth-order valence-corrected chi connectivity index (χ4v) is 3.08. The maximum Gasteiger partial charge on any atom is 0.240 e. The summed E-state index contributed by atoms with van der Waals surface area (Å²) < 4.78 is 24.5. The van der Waals surface area contributed by atoms with Gasteiger partial charge in [-0.2, -0.15) is 4.31 Å². The summed E-state index contributed by atoms with van der Waals surface area (Å²) in [5.41, 5.74) is 0. The molecule has 0 bridgehead atoms. The Bertz CT molecular complexity index is 353. The fourth-order valence-electron chi connectivity index (χ4n) is 1.96. The fraction of sp³-hybridized carbons (Fsp3) is 0.900. The molecule has 5 nitrogen and oxygen atoms in total. The molecule has 1 unspecified atom stereocenters. The summed E-state index contributed by atoms with van der Waals surface area (Å²) in [6.45, 7) is 2.95. The first kappa shape index (κ1) is 13.4. The van der Waals surface area contributed by atoms with E-state index in [1.54, 1.807) is 11.9 Å². The molecular weight excluding hydrogens is 228 g/mol. The second kappa shape index (κ2) is 5.14. The second-order valence-corrected chi connectivity index (χ2v) is 6.17. The van der Waals surface area contributed by atoms with Gasteiger partial charge < -0.3 is 4.90 Å². The highest BCUT2D eigenvalue weighted by Gasteiger charge is 2.35. The zero-order chi connectivity index (χ0) is 12.3. The van der Waals surface area contributed by atoms with Gasteiger partial charge in [0.15, 0.2) is 0 Å². The van der Waals surface area contributed by atoms with Crippen LogP contribution in [0.3, 0.4) is 0 Å². The van der Waals surface area contributed by atoms with Gasteiger partial charge in [-0.05, 0) is 19.8 Å². The standard InChI is InChI=1S/C10H20N2O3S/c1-4-11(2)10(13)9-7-5-6-8-12(9)16(3,14)15/h9H,4-8H2,1-3H3. The maximum absolute atomic E-state index is 12.0. The molecule has 94 valence electrons. The topological polar surface area (TPSA) is 57.7 Å². The second-order valence-electron chi connectivity index (χ2n) is 4.24. The van der Waals surface area contributed by atoms with Crippen LogP contribution in [0.15, 0.2) is 0 Å². The van der Waals surface area contributed by atoms with E-state index in [0.29, 0.717) is 19.5 Å². The SMILES string of the molecule is CCN(C)C(=O)C1CCCCN1S(C)(=O)=O. The molecule has 1 rings (SSSR count). The highest BCUT2D eigenvalue weighted by molar-refractivity contribution is 7.88. The molecule has 0 aromatic carbocycles. The van der Waals surface area contributed by atoms with Gasteiger partial charge in [0, 0.05) is 20.1 Å². The van der Waals surface area contributed by atoms with Crippen molar-refractivity contribution in [3.8, 4) is 0 Å². The van der Waals surface area contributed by atoms with Crippen molar-refractivity contribution in [2.75, 3.05) is 26.4 Å². The number of carbonyl (C=O) groups is 1. The van der Waals surface area contributed by atoms with E-state index in [9.17, 15) is 13.2 Å². The number of likely N-dealkylation sites (N-methyl/N-ethyl adjacent to an activating group) is 1. The van der Waals surface area contributed by atoms with Gasteiger partial charge in [0.25, 0.3) is 0 Å². The van der Waals surface area contributed by atoms with Crippen molar-refractivity contribution in [1.82, 2.24) is 9.21 Å². The van der Waals surface area contributed by atoms with Crippen LogP contribution in [0.1, 0.15) is 26.2 Å². The van der Waals surface area contributed by atoms with Gasteiger partial charge in [0.2, 0.25) is 15.9 Å². The molecule has 0 saturated carbocycles. The van der Waals surface area contributed by atoms with Crippen LogP contribution in [-0.4, -0.2) is 56.0 Å². The Kier molecular flexibility index (Phi) is 4.32. The predicted molar refractivity (Wildman–Crippen MR) is 62.5 cm³/mol. The summed E-state index contributed by atoms with van der Waals surface area (Å²) in [5, 5.41) is 0. The number of nitrogens with zero attached hydrogens (tertiary/aromatic N) is 2. The van der Waals surface area contributed by atoms with Crippen LogP contribution >= 0.6 is 0 Å². The quantitative estimate of drug-likeness (QED) is 0.721. The van der Waals surface area contributed by atoms with E-state index in [2.05, 4.69) is 0 Å². The van der Waals surface area contributed by atoms with Crippen molar-refractivity contribution < 1.29 is 13.2 Å². The van der Waals surface area contributed by atoms with Crippen LogP contribution < -0.4 is 0 Å². The minimum Gasteiger partial charge on any atom is -0.345 e. The number of sulfonamides is 1. The van der Waals surface area contributed by atoms with Crippen LogP contribution in [0.25, 0.3) is 0 Å². The molecule has 0 spiro atoms. The highest BCUT2D eigenvalue weighted by Crippen LogP contribution is 2.21. The summed E-state index contributed by atoms with van der Waals surface area (Å²) >= 11 is 0. The monoisotopic (exact) mass is 248 g/mol. The Labute approximate surface area is 97.5 Å². The van der Waals surface area contributed by atoms with Gasteiger partial charge >= 0.3 is 0 Å². The van der Waals surface area contributed by atoms with E-state index in [1.807, 2.05) is 6.92 Å². The summed E-state index contributed by atoms with van der Waals surface area (Å²) in [4.78, 5) is 13.6. The largest absolute Gasteiger partial charge is 0.345 e. The first-order valence-electron chi connectivity index (χ1n) is 5.59. The van der Waals surface area contributed by atoms with Crippen LogP contribution in [0, 0.1) is 0 Å². The number of hydrogen-bond acceptors (Lipinski definition) is 3. The molecule has 16 heavy (non-hydrogen) atoms. The van der Waals surface area contributed by atoms with Crippen molar-refractivity contribution >= 4 is 15.9 Å². The van der Waals surface area contributed by atoms with E-state index in [0.717, 1.165) is 12.8 Å². The minimum absolute atomic E-state index is 0.0902. The van der Waals surface area contributed by atoms with Crippen molar-refractivity contribution in [3.05, 3.63) is 0 Å². The molecule has 1 aliphatic heterocycles. The zero-order valence-corrected chi connectivity index (χ0v) is 11.0. The van der Waals surface area contributed by atoms with Gasteiger partial charge in [-0.15, -0.1) is 0 Å². The lowest BCUT2D eigenvalue weighted by Crippen LogP contribution is -2.51.